The van der Waals surface area contributed by atoms with E-state index in [1.165, 1.54) is 0 Å². The van der Waals surface area contributed by atoms with Crippen molar-refractivity contribution >= 4 is 5.82 Å². The zero-order chi connectivity index (χ0) is 12.3. The van der Waals surface area contributed by atoms with Gasteiger partial charge in [0, 0.05) is 19.6 Å². The first kappa shape index (κ1) is 12.3. The quantitative estimate of drug-likeness (QED) is 0.815. The van der Waals surface area contributed by atoms with Gasteiger partial charge in [-0.2, -0.15) is 0 Å². The molecule has 1 aliphatic rings. The van der Waals surface area contributed by atoms with Crippen molar-refractivity contribution in [3.63, 3.8) is 0 Å². The van der Waals surface area contributed by atoms with E-state index in [-0.39, 0.29) is 6.10 Å². The molecule has 0 spiro atoms. The highest BCUT2D eigenvalue weighted by Crippen LogP contribution is 2.20. The minimum absolute atomic E-state index is 0.108. The fraction of sp³-hybridized carbons (Fsp3) is 0.818. The molecule has 17 heavy (non-hydrogen) atoms. The molecule has 6 heteroatoms. The Hall–Kier alpha value is -1.14. The van der Waals surface area contributed by atoms with Gasteiger partial charge in [-0.1, -0.05) is 12.1 Å². The predicted molar refractivity (Wildman–Crippen MR) is 65.9 cm³/mol. The van der Waals surface area contributed by atoms with Gasteiger partial charge in [-0.25, -0.2) is 4.68 Å². The smallest absolute Gasteiger partial charge is 0.147 e. The lowest BCUT2D eigenvalue weighted by Gasteiger charge is -2.38. The number of hydrogen-bond donors (Lipinski definition) is 1. The summed E-state index contributed by atoms with van der Waals surface area (Å²) in [6.45, 7) is 7.26. The van der Waals surface area contributed by atoms with Crippen LogP contribution in [0.5, 0.6) is 0 Å². The number of hydrogen-bond acceptors (Lipinski definition) is 5. The van der Waals surface area contributed by atoms with Crippen LogP contribution >= 0.6 is 0 Å². The Bertz CT molecular complexity index is 353. The highest BCUT2D eigenvalue weighted by atomic mass is 16.5. The van der Waals surface area contributed by atoms with E-state index in [4.69, 9.17) is 10.5 Å². The molecule has 1 aliphatic heterocycles. The van der Waals surface area contributed by atoms with Crippen LogP contribution in [0, 0.1) is 0 Å². The molecule has 0 aliphatic carbocycles. The van der Waals surface area contributed by atoms with Crippen LogP contribution < -0.4 is 10.6 Å². The van der Waals surface area contributed by atoms with Gasteiger partial charge in [-0.05, 0) is 13.3 Å². The van der Waals surface area contributed by atoms with Gasteiger partial charge in [0.05, 0.1) is 24.9 Å². The topological polar surface area (TPSA) is 69.2 Å². The molecule has 2 N–H and O–H groups in total. The molecule has 1 saturated heterocycles. The molecule has 96 valence electrons. The average Bonchev–Trinajstić information content (AvgIpc) is 2.78. The van der Waals surface area contributed by atoms with E-state index in [0.29, 0.717) is 19.2 Å². The molecular weight excluding hydrogens is 218 g/mol. The van der Waals surface area contributed by atoms with E-state index in [1.807, 2.05) is 10.9 Å². The van der Waals surface area contributed by atoms with Crippen molar-refractivity contribution in [2.75, 3.05) is 24.6 Å². The van der Waals surface area contributed by atoms with E-state index in [9.17, 15) is 0 Å². The number of ether oxygens (including phenoxy) is 1. The van der Waals surface area contributed by atoms with E-state index in [2.05, 4.69) is 29.1 Å². The van der Waals surface area contributed by atoms with Crippen LogP contribution in [0.2, 0.25) is 0 Å². The summed E-state index contributed by atoms with van der Waals surface area (Å²) in [6.07, 6.45) is 2.98. The lowest BCUT2D eigenvalue weighted by molar-refractivity contribution is 0.0276. The molecule has 2 unspecified atom stereocenters. The van der Waals surface area contributed by atoms with Crippen molar-refractivity contribution in [2.24, 2.45) is 5.73 Å². The molecule has 2 atom stereocenters. The van der Waals surface area contributed by atoms with Crippen LogP contribution in [-0.4, -0.2) is 46.8 Å². The molecule has 6 nitrogen and oxygen atoms in total. The Balaban J connectivity index is 2.15. The van der Waals surface area contributed by atoms with Gasteiger partial charge in [0.1, 0.15) is 5.82 Å². The third-order valence-electron chi connectivity index (χ3n) is 3.10. The first-order valence-electron chi connectivity index (χ1n) is 6.23. The van der Waals surface area contributed by atoms with Crippen LogP contribution in [0.1, 0.15) is 20.3 Å². The Morgan fingerprint density at radius 2 is 2.41 bits per heavy atom. The van der Waals surface area contributed by atoms with Crippen molar-refractivity contribution in [3.8, 4) is 0 Å². The maximum atomic E-state index is 5.67. The minimum atomic E-state index is 0.108. The van der Waals surface area contributed by atoms with Crippen molar-refractivity contribution in [3.05, 3.63) is 6.20 Å². The summed E-state index contributed by atoms with van der Waals surface area (Å²) in [5.41, 5.74) is 5.67. The van der Waals surface area contributed by atoms with E-state index in [1.54, 1.807) is 0 Å². The number of nitrogens with two attached hydrogens (primary N) is 1. The Labute approximate surface area is 102 Å². The van der Waals surface area contributed by atoms with Crippen LogP contribution in [0.3, 0.4) is 0 Å². The van der Waals surface area contributed by atoms with Crippen LogP contribution in [0.15, 0.2) is 6.20 Å². The highest BCUT2D eigenvalue weighted by molar-refractivity contribution is 5.38. The first-order valence-corrected chi connectivity index (χ1v) is 6.23. The molecule has 0 aromatic carbocycles. The number of nitrogens with zero attached hydrogens (tertiary/aromatic N) is 4. The molecule has 0 radical (unpaired) electrons. The van der Waals surface area contributed by atoms with Gasteiger partial charge >= 0.3 is 0 Å². The van der Waals surface area contributed by atoms with Crippen molar-refractivity contribution in [1.29, 1.82) is 0 Å². The number of rotatable bonds is 4. The normalized spacial score (nSPS) is 25.2. The van der Waals surface area contributed by atoms with Crippen LogP contribution in [-0.2, 0) is 11.3 Å². The summed E-state index contributed by atoms with van der Waals surface area (Å²) in [4.78, 5) is 2.29. The minimum Gasteiger partial charge on any atom is -0.373 e. The third kappa shape index (κ3) is 2.58. The van der Waals surface area contributed by atoms with E-state index in [0.717, 1.165) is 25.3 Å². The van der Waals surface area contributed by atoms with Gasteiger partial charge in [0.15, 0.2) is 0 Å². The third-order valence-corrected chi connectivity index (χ3v) is 3.10. The second-order valence-electron chi connectivity index (χ2n) is 4.51. The Morgan fingerprint density at radius 3 is 3.12 bits per heavy atom. The maximum Gasteiger partial charge on any atom is 0.147 e. The van der Waals surface area contributed by atoms with E-state index < -0.39 is 0 Å². The average molecular weight is 239 g/mol. The summed E-state index contributed by atoms with van der Waals surface area (Å²) in [7, 11) is 0. The fourth-order valence-electron chi connectivity index (χ4n) is 2.13. The van der Waals surface area contributed by atoms with Crippen molar-refractivity contribution in [2.45, 2.75) is 39.0 Å². The van der Waals surface area contributed by atoms with Gasteiger partial charge in [-0.15, -0.1) is 5.10 Å². The first-order chi connectivity index (χ1) is 8.26. The van der Waals surface area contributed by atoms with Gasteiger partial charge in [0.25, 0.3) is 0 Å². The second kappa shape index (κ2) is 5.46. The number of morpholine rings is 1. The molecular formula is C11H21N5O. The summed E-state index contributed by atoms with van der Waals surface area (Å²) >= 11 is 0. The zero-order valence-corrected chi connectivity index (χ0v) is 10.5. The molecule has 0 bridgehead atoms. The highest BCUT2D eigenvalue weighted by Gasteiger charge is 2.27. The molecule has 1 aromatic rings. The monoisotopic (exact) mass is 239 g/mol. The Morgan fingerprint density at radius 1 is 1.59 bits per heavy atom. The number of aryl methyl sites for hydroxylation is 1. The SMILES string of the molecule is CCCn1nncc1N1CC(CN)OCC1C. The summed E-state index contributed by atoms with van der Waals surface area (Å²) in [6, 6.07) is 0.340. The van der Waals surface area contributed by atoms with E-state index >= 15 is 0 Å². The number of aromatic nitrogens is 3. The van der Waals surface area contributed by atoms with Crippen LogP contribution in [0.4, 0.5) is 5.82 Å². The summed E-state index contributed by atoms with van der Waals surface area (Å²) in [5.74, 6) is 1.07. The second-order valence-corrected chi connectivity index (χ2v) is 4.51. The zero-order valence-electron chi connectivity index (χ0n) is 10.5. The van der Waals surface area contributed by atoms with Gasteiger partial charge < -0.3 is 15.4 Å². The van der Waals surface area contributed by atoms with Gasteiger partial charge in [0.2, 0.25) is 0 Å². The molecule has 1 fully saturated rings. The Kier molecular flexibility index (Phi) is 3.96. The maximum absolute atomic E-state index is 5.67. The lowest BCUT2D eigenvalue weighted by atomic mass is 10.2. The van der Waals surface area contributed by atoms with Crippen molar-refractivity contribution in [1.82, 2.24) is 15.0 Å². The summed E-state index contributed by atoms with van der Waals surface area (Å²) < 4.78 is 7.60. The fourth-order valence-corrected chi connectivity index (χ4v) is 2.13. The summed E-state index contributed by atoms with van der Waals surface area (Å²) in [5, 5.41) is 8.12. The van der Waals surface area contributed by atoms with Crippen LogP contribution in [0.25, 0.3) is 0 Å². The molecule has 0 saturated carbocycles. The molecule has 2 rings (SSSR count). The number of anilines is 1. The van der Waals surface area contributed by atoms with Crippen molar-refractivity contribution < 1.29 is 4.74 Å². The lowest BCUT2D eigenvalue weighted by Crippen LogP contribution is -2.51. The molecule has 0 amide bonds. The predicted octanol–water partition coefficient (Wildman–Crippen LogP) is 0.241. The molecule has 1 aromatic heterocycles. The standard InChI is InChI=1S/C11H21N5O/c1-3-4-16-11(6-13-14-16)15-7-10(5-12)17-8-9(15)2/h6,9-10H,3-5,7-8,12H2,1-2H3. The molecule has 2 heterocycles. The largest absolute Gasteiger partial charge is 0.373 e. The van der Waals surface area contributed by atoms with Gasteiger partial charge in [-0.3, -0.25) is 0 Å².